The average molecular weight is 294 g/mol. The fourth-order valence-corrected chi connectivity index (χ4v) is 1.90. The molecule has 106 valence electrons. The molecule has 4 nitrogen and oxygen atoms in total. The van der Waals surface area contributed by atoms with E-state index in [1.165, 1.54) is 7.11 Å². The van der Waals surface area contributed by atoms with Crippen molar-refractivity contribution in [2.45, 2.75) is 25.7 Å². The van der Waals surface area contributed by atoms with Crippen LogP contribution in [0.2, 0.25) is 0 Å². The summed E-state index contributed by atoms with van der Waals surface area (Å²) in [4.78, 5) is 15.3. The first-order valence-electron chi connectivity index (χ1n) is 5.59. The summed E-state index contributed by atoms with van der Waals surface area (Å²) in [6.07, 6.45) is -1.86. The number of alkyl halides is 3. The maximum Gasteiger partial charge on any atom is 0.311 e. The van der Waals surface area contributed by atoms with E-state index in [0.29, 0.717) is 0 Å². The number of esters is 1. The van der Waals surface area contributed by atoms with Gasteiger partial charge in [-0.05, 0) is 6.92 Å². The lowest BCUT2D eigenvalue weighted by atomic mass is 10.1. The predicted octanol–water partition coefficient (Wildman–Crippen LogP) is 2.87. The van der Waals surface area contributed by atoms with E-state index in [2.05, 4.69) is 4.98 Å². The van der Waals surface area contributed by atoms with Crippen molar-refractivity contribution in [1.82, 2.24) is 4.98 Å². The molecule has 7 heteroatoms. The zero-order valence-electron chi connectivity index (χ0n) is 10.6. The van der Waals surface area contributed by atoms with Crippen molar-refractivity contribution >= 4 is 17.6 Å². The lowest BCUT2D eigenvalue weighted by Crippen LogP contribution is -2.12. The molecule has 0 aromatic carbocycles. The molecule has 1 aromatic rings. The molecule has 0 aliphatic rings. The molecule has 0 fully saturated rings. The summed E-state index contributed by atoms with van der Waals surface area (Å²) in [7, 11) is 1.27. The van der Waals surface area contributed by atoms with E-state index in [1.807, 2.05) is 0 Å². The Morgan fingerprint density at radius 1 is 1.53 bits per heavy atom. The van der Waals surface area contributed by atoms with E-state index in [4.69, 9.17) is 21.1 Å². The second kappa shape index (κ2) is 7.23. The first-order chi connectivity index (χ1) is 9.04. The van der Waals surface area contributed by atoms with Gasteiger partial charge in [0.1, 0.15) is 5.75 Å². The monoisotopic (exact) mass is 293 g/mol. The SMILES string of the molecule is CCOC(=O)Cc1ncc(C(F)F)c(OC)c1CCl. The molecule has 0 saturated heterocycles. The molecular weight excluding hydrogens is 280 g/mol. The van der Waals surface area contributed by atoms with Gasteiger partial charge < -0.3 is 9.47 Å². The van der Waals surface area contributed by atoms with Crippen molar-refractivity contribution in [1.29, 1.82) is 0 Å². The number of carbonyl (C=O) groups is 1. The van der Waals surface area contributed by atoms with E-state index in [1.54, 1.807) is 6.92 Å². The van der Waals surface area contributed by atoms with Crippen LogP contribution >= 0.6 is 11.6 Å². The summed E-state index contributed by atoms with van der Waals surface area (Å²) in [5.41, 5.74) is 0.232. The number of nitrogens with zero attached hydrogens (tertiary/aromatic N) is 1. The summed E-state index contributed by atoms with van der Waals surface area (Å²) >= 11 is 5.74. The second-order valence-electron chi connectivity index (χ2n) is 3.59. The number of methoxy groups -OCH3 is 1. The van der Waals surface area contributed by atoms with Crippen molar-refractivity contribution < 1.29 is 23.0 Å². The lowest BCUT2D eigenvalue weighted by molar-refractivity contribution is -0.142. The Kier molecular flexibility index (Phi) is 5.95. The molecule has 1 heterocycles. The van der Waals surface area contributed by atoms with Gasteiger partial charge in [-0.25, -0.2) is 8.78 Å². The van der Waals surface area contributed by atoms with Gasteiger partial charge >= 0.3 is 5.97 Å². The van der Waals surface area contributed by atoms with Crippen molar-refractivity contribution in [3.63, 3.8) is 0 Å². The van der Waals surface area contributed by atoms with Crippen LogP contribution in [0.1, 0.15) is 30.2 Å². The zero-order valence-corrected chi connectivity index (χ0v) is 11.3. The van der Waals surface area contributed by atoms with Gasteiger partial charge in [0.2, 0.25) is 0 Å². The Bertz CT molecular complexity index is 455. The maximum absolute atomic E-state index is 12.8. The van der Waals surface area contributed by atoms with E-state index >= 15 is 0 Å². The van der Waals surface area contributed by atoms with Crippen LogP contribution in [-0.2, 0) is 21.8 Å². The molecule has 1 rings (SSSR count). The number of hydrogen-bond acceptors (Lipinski definition) is 4. The number of aromatic nitrogens is 1. The van der Waals surface area contributed by atoms with Crippen LogP contribution in [0.15, 0.2) is 6.20 Å². The minimum absolute atomic E-state index is 0.0284. The third kappa shape index (κ3) is 3.76. The first kappa shape index (κ1) is 15.6. The number of halogens is 3. The highest BCUT2D eigenvalue weighted by Crippen LogP contribution is 2.34. The number of carbonyl (C=O) groups excluding carboxylic acids is 1. The van der Waals surface area contributed by atoms with Crippen LogP contribution in [0.5, 0.6) is 5.75 Å². The minimum atomic E-state index is -2.72. The molecule has 0 aliphatic carbocycles. The largest absolute Gasteiger partial charge is 0.496 e. The van der Waals surface area contributed by atoms with Crippen molar-refractivity contribution in [2.75, 3.05) is 13.7 Å². The lowest BCUT2D eigenvalue weighted by Gasteiger charge is -2.14. The van der Waals surface area contributed by atoms with E-state index in [0.717, 1.165) is 6.20 Å². The molecule has 0 aliphatic heterocycles. The smallest absolute Gasteiger partial charge is 0.311 e. The van der Waals surface area contributed by atoms with Gasteiger partial charge in [0.15, 0.2) is 0 Å². The highest BCUT2D eigenvalue weighted by molar-refractivity contribution is 6.17. The van der Waals surface area contributed by atoms with Crippen LogP contribution in [0.3, 0.4) is 0 Å². The van der Waals surface area contributed by atoms with Gasteiger partial charge in [0, 0.05) is 11.8 Å². The highest BCUT2D eigenvalue weighted by Gasteiger charge is 2.22. The molecule has 0 unspecified atom stereocenters. The predicted molar refractivity (Wildman–Crippen MR) is 65.6 cm³/mol. The summed E-state index contributed by atoms with van der Waals surface area (Å²) in [5.74, 6) is -0.599. The number of rotatable bonds is 6. The summed E-state index contributed by atoms with van der Waals surface area (Å²) in [6.45, 7) is 1.91. The molecular formula is C12H14ClF2NO3. The highest BCUT2D eigenvalue weighted by atomic mass is 35.5. The number of pyridine rings is 1. The van der Waals surface area contributed by atoms with E-state index < -0.39 is 12.4 Å². The molecule has 1 aromatic heterocycles. The quantitative estimate of drug-likeness (QED) is 0.598. The van der Waals surface area contributed by atoms with Crippen LogP contribution in [0.4, 0.5) is 8.78 Å². The molecule has 0 bridgehead atoms. The Balaban J connectivity index is 3.16. The van der Waals surface area contributed by atoms with Gasteiger partial charge in [-0.1, -0.05) is 0 Å². The van der Waals surface area contributed by atoms with Gasteiger partial charge in [-0.2, -0.15) is 0 Å². The second-order valence-corrected chi connectivity index (χ2v) is 3.86. The Morgan fingerprint density at radius 3 is 2.68 bits per heavy atom. The summed E-state index contributed by atoms with van der Waals surface area (Å²) in [5, 5.41) is 0. The van der Waals surface area contributed by atoms with Gasteiger partial charge in [-0.3, -0.25) is 9.78 Å². The first-order valence-corrected chi connectivity index (χ1v) is 6.12. The van der Waals surface area contributed by atoms with E-state index in [9.17, 15) is 13.6 Å². The third-order valence-corrected chi connectivity index (χ3v) is 2.70. The minimum Gasteiger partial charge on any atom is -0.496 e. The number of ether oxygens (including phenoxy) is 2. The Labute approximate surface area is 114 Å². The Morgan fingerprint density at radius 2 is 2.21 bits per heavy atom. The molecule has 0 atom stereocenters. The molecule has 0 radical (unpaired) electrons. The molecule has 19 heavy (non-hydrogen) atoms. The maximum atomic E-state index is 12.8. The van der Waals surface area contributed by atoms with Crippen molar-refractivity contribution in [3.05, 3.63) is 23.0 Å². The Hall–Kier alpha value is -1.43. The standard InChI is InChI=1S/C12H14ClF2NO3/c1-3-19-10(17)4-9-7(5-13)11(18-2)8(6-16-9)12(14)15/h6,12H,3-5H2,1-2H3. The topological polar surface area (TPSA) is 48.4 Å². The normalized spacial score (nSPS) is 10.6. The van der Waals surface area contributed by atoms with Crippen LogP contribution in [-0.4, -0.2) is 24.7 Å². The summed E-state index contributed by atoms with van der Waals surface area (Å²) < 4.78 is 35.3. The average Bonchev–Trinajstić information content (AvgIpc) is 2.37. The fourth-order valence-electron chi connectivity index (χ4n) is 1.62. The van der Waals surface area contributed by atoms with Crippen molar-refractivity contribution in [3.8, 4) is 5.75 Å². The van der Waals surface area contributed by atoms with Gasteiger partial charge in [-0.15, -0.1) is 11.6 Å². The van der Waals surface area contributed by atoms with Gasteiger partial charge in [0.25, 0.3) is 6.43 Å². The zero-order chi connectivity index (χ0) is 14.4. The van der Waals surface area contributed by atoms with Gasteiger partial charge in [0.05, 0.1) is 37.3 Å². The van der Waals surface area contributed by atoms with Crippen LogP contribution in [0.25, 0.3) is 0 Å². The molecule has 0 amide bonds. The summed E-state index contributed by atoms with van der Waals surface area (Å²) in [6, 6.07) is 0. The van der Waals surface area contributed by atoms with Crippen molar-refractivity contribution in [2.24, 2.45) is 0 Å². The van der Waals surface area contributed by atoms with E-state index in [-0.39, 0.29) is 41.5 Å². The fraction of sp³-hybridized carbons (Fsp3) is 0.500. The molecule has 0 spiro atoms. The van der Waals surface area contributed by atoms with Crippen LogP contribution < -0.4 is 4.74 Å². The van der Waals surface area contributed by atoms with Crippen LogP contribution in [0, 0.1) is 0 Å². The molecule has 0 N–H and O–H groups in total. The number of hydrogen-bond donors (Lipinski definition) is 0. The third-order valence-electron chi connectivity index (χ3n) is 2.43. The molecule has 0 saturated carbocycles.